The van der Waals surface area contributed by atoms with Crippen molar-refractivity contribution in [2.24, 2.45) is 0 Å². The average molecular weight is 653 g/mol. The van der Waals surface area contributed by atoms with E-state index < -0.39 is 0 Å². The minimum absolute atomic E-state index is 0.0939. The Kier molecular flexibility index (Phi) is 8.71. The summed E-state index contributed by atoms with van der Waals surface area (Å²) in [6.45, 7) is 8.06. The summed E-state index contributed by atoms with van der Waals surface area (Å²) in [5, 5.41) is 11.6. The first-order valence-corrected chi connectivity index (χ1v) is 16.0. The molecule has 2 aromatic heterocycles. The highest BCUT2D eigenvalue weighted by Crippen LogP contribution is 2.38. The van der Waals surface area contributed by atoms with Crippen LogP contribution in [0.3, 0.4) is 0 Å². The van der Waals surface area contributed by atoms with Crippen molar-refractivity contribution in [3.63, 3.8) is 0 Å². The van der Waals surface area contributed by atoms with E-state index in [4.69, 9.17) is 31.0 Å². The molecule has 0 saturated carbocycles. The van der Waals surface area contributed by atoms with E-state index >= 15 is 0 Å². The van der Waals surface area contributed by atoms with Crippen LogP contribution in [-0.4, -0.2) is 44.2 Å². The molecule has 2 aromatic carbocycles. The van der Waals surface area contributed by atoms with Crippen molar-refractivity contribution in [1.82, 2.24) is 24.8 Å². The lowest BCUT2D eigenvalue weighted by molar-refractivity contribution is -0.124. The molecule has 2 heterocycles. The topological polar surface area (TPSA) is 103 Å². The van der Waals surface area contributed by atoms with Gasteiger partial charge < -0.3 is 20.1 Å². The Hall–Kier alpha value is -2.69. The van der Waals surface area contributed by atoms with Crippen molar-refractivity contribution in [1.29, 1.82) is 0 Å². The van der Waals surface area contributed by atoms with Crippen LogP contribution in [0.25, 0.3) is 22.3 Å². The number of fused-ring (bicyclic) bond motifs is 1. The summed E-state index contributed by atoms with van der Waals surface area (Å²) in [6.07, 6.45) is 4.10. The molecule has 9 nitrogen and oxygen atoms in total. The Morgan fingerprint density at radius 2 is 2.00 bits per heavy atom. The van der Waals surface area contributed by atoms with Gasteiger partial charge in [-0.25, -0.2) is 14.4 Å². The fourth-order valence-corrected chi connectivity index (χ4v) is 4.94. The van der Waals surface area contributed by atoms with E-state index in [-0.39, 0.29) is 18.1 Å². The molecule has 0 bridgehead atoms. The van der Waals surface area contributed by atoms with Crippen molar-refractivity contribution in [3.05, 3.63) is 53.8 Å². The molecule has 4 rings (SSSR count). The second-order valence-electron chi connectivity index (χ2n) is 9.10. The molecule has 37 heavy (non-hydrogen) atoms. The highest BCUT2D eigenvalue weighted by molar-refractivity contribution is 14.2. The van der Waals surface area contributed by atoms with Crippen molar-refractivity contribution < 1.29 is 14.3 Å². The van der Waals surface area contributed by atoms with Crippen LogP contribution in [0.2, 0.25) is 5.02 Å². The Balaban J connectivity index is 1.71. The maximum Gasteiger partial charge on any atom is 0.258 e. The molecule has 1 unspecified atom stereocenters. The van der Waals surface area contributed by atoms with Gasteiger partial charge in [0, 0.05) is 11.1 Å². The van der Waals surface area contributed by atoms with Crippen LogP contribution in [0.1, 0.15) is 27.7 Å². The Morgan fingerprint density at radius 3 is 2.70 bits per heavy atom. The van der Waals surface area contributed by atoms with Gasteiger partial charge in [0.2, 0.25) is 0 Å². The fourth-order valence-electron chi connectivity index (χ4n) is 3.55. The van der Waals surface area contributed by atoms with Crippen molar-refractivity contribution >= 4 is 68.3 Å². The molecule has 1 atom stereocenters. The van der Waals surface area contributed by atoms with E-state index in [0.29, 0.717) is 52.0 Å². The number of ether oxygens (including phenoxy) is 2. The van der Waals surface area contributed by atoms with Crippen LogP contribution < -0.4 is 20.1 Å². The molecule has 0 aliphatic carbocycles. The molecule has 194 valence electrons. The molecule has 0 fully saturated rings. The summed E-state index contributed by atoms with van der Waals surface area (Å²) in [4.78, 5) is 21.8. The van der Waals surface area contributed by atoms with Crippen molar-refractivity contribution in [2.45, 2.75) is 33.2 Å². The van der Waals surface area contributed by atoms with Gasteiger partial charge in [0.25, 0.3) is 5.91 Å². The van der Waals surface area contributed by atoms with Gasteiger partial charge in [-0.1, -0.05) is 23.7 Å². The number of carbonyl (C=O) groups is 1. The lowest BCUT2D eigenvalue weighted by Crippen LogP contribution is -2.43. The summed E-state index contributed by atoms with van der Waals surface area (Å²) < 4.78 is 13.3. The van der Waals surface area contributed by atoms with E-state index in [0.717, 1.165) is 11.3 Å². The van der Waals surface area contributed by atoms with Gasteiger partial charge in [0.1, 0.15) is 17.3 Å². The van der Waals surface area contributed by atoms with Gasteiger partial charge in [-0.2, -0.15) is 5.10 Å². The zero-order chi connectivity index (χ0) is 26.6. The van der Waals surface area contributed by atoms with Crippen LogP contribution in [0.5, 0.6) is 11.5 Å². The number of rotatable bonds is 9. The highest BCUT2D eigenvalue weighted by Gasteiger charge is 2.18. The molecule has 0 aliphatic rings. The Labute approximate surface area is 235 Å². The third-order valence-electron chi connectivity index (χ3n) is 4.97. The number of nitrogens with one attached hydrogen (secondary N) is 2. The molecule has 4 aromatic rings. The number of carbonyl (C=O) groups excluding carboxylic acids is 1. The highest BCUT2D eigenvalue weighted by atomic mass is 127. The summed E-state index contributed by atoms with van der Waals surface area (Å²) in [5.74, 6) is 1.90. The lowest BCUT2D eigenvalue weighted by atomic mass is 10.1. The maximum atomic E-state index is 12.2. The number of hydrogen-bond donors (Lipinski definition) is 2. The molecule has 1 amide bonds. The van der Waals surface area contributed by atoms with Crippen molar-refractivity contribution in [2.75, 3.05) is 18.5 Å². The lowest BCUT2D eigenvalue weighted by Gasteiger charge is -2.20. The summed E-state index contributed by atoms with van der Waals surface area (Å²) in [6, 6.07) is 11.0. The minimum atomic E-state index is -0.332. The van der Waals surface area contributed by atoms with E-state index in [1.807, 2.05) is 56.5 Å². The maximum absolute atomic E-state index is 12.2. The zero-order valence-corrected chi connectivity index (χ0v) is 24.7. The predicted octanol–water partition coefficient (Wildman–Crippen LogP) is 6.37. The first kappa shape index (κ1) is 27.3. The molecule has 0 aliphatic heterocycles. The van der Waals surface area contributed by atoms with E-state index in [1.165, 1.54) is 0 Å². The number of hydrogen-bond acceptors (Lipinski definition) is 7. The zero-order valence-electron chi connectivity index (χ0n) is 20.8. The summed E-state index contributed by atoms with van der Waals surface area (Å²) in [5.41, 5.74) is 1.82. The van der Waals surface area contributed by atoms with E-state index in [1.54, 1.807) is 24.4 Å². The van der Waals surface area contributed by atoms with E-state index in [2.05, 4.69) is 37.8 Å². The second kappa shape index (κ2) is 11.8. The quantitative estimate of drug-likeness (QED) is 0.160. The molecule has 0 saturated heterocycles. The number of amides is 1. The largest absolute Gasteiger partial charge is 0.492 e. The standard InChI is InChI=1S/C25H27ClIN6O3P/c1-5-35-19-10-9-18-21(22(19)26)24(29-16-12-28-33(13-16)37-27)31-23(30-18)15-7-6-8-17(11-15)36-14-20(34)32-25(2,3)4/h6-13,37H,5,14H2,1-4H3,(H,32,34)(H,29,30,31). The van der Waals surface area contributed by atoms with Crippen molar-refractivity contribution in [3.8, 4) is 22.9 Å². The third-order valence-corrected chi connectivity index (χ3v) is 7.25. The molecule has 0 spiro atoms. The van der Waals surface area contributed by atoms with E-state index in [9.17, 15) is 4.79 Å². The van der Waals surface area contributed by atoms with Gasteiger partial charge in [0.05, 0.1) is 47.0 Å². The van der Waals surface area contributed by atoms with Gasteiger partial charge in [-0.05, 0) is 74.0 Å². The van der Waals surface area contributed by atoms with Gasteiger partial charge in [0.15, 0.2) is 12.4 Å². The first-order valence-electron chi connectivity index (χ1n) is 11.5. The van der Waals surface area contributed by atoms with Crippen LogP contribution in [0, 0.1) is 0 Å². The first-order chi connectivity index (χ1) is 17.7. The predicted molar refractivity (Wildman–Crippen MR) is 158 cm³/mol. The van der Waals surface area contributed by atoms with Crippen LogP contribution in [0.15, 0.2) is 48.8 Å². The Morgan fingerprint density at radius 1 is 1.19 bits per heavy atom. The van der Waals surface area contributed by atoms with Crippen LogP contribution in [0.4, 0.5) is 11.5 Å². The molecule has 12 heteroatoms. The molecular formula is C25H27ClIN6O3P. The molecule has 2 N–H and O–H groups in total. The number of nitrogens with zero attached hydrogens (tertiary/aromatic N) is 4. The number of aromatic nitrogens is 4. The minimum Gasteiger partial charge on any atom is -0.492 e. The normalized spacial score (nSPS) is 11.7. The fraction of sp³-hybridized carbons (Fsp3) is 0.280. The second-order valence-corrected chi connectivity index (χ2v) is 11.6. The summed E-state index contributed by atoms with van der Waals surface area (Å²) in [7, 11) is 0. The van der Waals surface area contributed by atoms with Crippen LogP contribution in [-0.2, 0) is 4.79 Å². The van der Waals surface area contributed by atoms with Gasteiger partial charge in [-0.3, -0.25) is 4.79 Å². The Bertz CT molecular complexity index is 1430. The number of benzene rings is 2. The monoisotopic (exact) mass is 652 g/mol. The molecule has 0 radical (unpaired) electrons. The smallest absolute Gasteiger partial charge is 0.258 e. The third kappa shape index (κ3) is 7.00. The van der Waals surface area contributed by atoms with Gasteiger partial charge in [-0.15, -0.1) is 0 Å². The van der Waals surface area contributed by atoms with Crippen LogP contribution >= 0.6 is 40.0 Å². The van der Waals surface area contributed by atoms with Gasteiger partial charge >= 0.3 is 0 Å². The average Bonchev–Trinajstić information content (AvgIpc) is 3.31. The summed E-state index contributed by atoms with van der Waals surface area (Å²) >= 11 is 9.00. The number of halogens is 2. The number of anilines is 2. The SMILES string of the molecule is CCOc1ccc2nc(-c3cccc(OCC(=O)NC(C)(C)C)c3)nc(Nc3cnn(PI)c3)c2c1Cl. The molecular weight excluding hydrogens is 626 g/mol.